The van der Waals surface area contributed by atoms with E-state index in [1.165, 1.54) is 6.08 Å². The lowest BCUT2D eigenvalue weighted by atomic mass is 9.53. The third-order valence-electron chi connectivity index (χ3n) is 5.95. The van der Waals surface area contributed by atoms with Crippen molar-refractivity contribution < 1.29 is 14.7 Å². The molecule has 1 unspecified atom stereocenters. The van der Waals surface area contributed by atoms with Crippen molar-refractivity contribution in [3.8, 4) is 0 Å². The average Bonchev–Trinajstić information content (AvgIpc) is 2.43. The third kappa shape index (κ3) is 5.00. The SMILES string of the molecule is C=CC(C)(O)CCC(=O)[C@@]1(C)CCCC(C)(C)[C@@H]1CCC(C)=O. The van der Waals surface area contributed by atoms with Gasteiger partial charge in [-0.05, 0) is 50.9 Å². The maximum Gasteiger partial charge on any atom is 0.139 e. The first-order chi connectivity index (χ1) is 10.4. The van der Waals surface area contributed by atoms with Crippen LogP contribution >= 0.6 is 0 Å². The largest absolute Gasteiger partial charge is 0.386 e. The van der Waals surface area contributed by atoms with Gasteiger partial charge in [-0.3, -0.25) is 4.79 Å². The highest BCUT2D eigenvalue weighted by atomic mass is 16.3. The van der Waals surface area contributed by atoms with E-state index in [4.69, 9.17) is 0 Å². The van der Waals surface area contributed by atoms with Crippen LogP contribution in [0.2, 0.25) is 0 Å². The number of hydrogen-bond acceptors (Lipinski definition) is 3. The second kappa shape index (κ2) is 7.29. The predicted octanol–water partition coefficient (Wildman–Crippen LogP) is 4.47. The van der Waals surface area contributed by atoms with E-state index in [2.05, 4.69) is 27.4 Å². The molecule has 1 saturated carbocycles. The number of carbonyl (C=O) groups is 2. The summed E-state index contributed by atoms with van der Waals surface area (Å²) in [4.78, 5) is 24.4. The smallest absolute Gasteiger partial charge is 0.139 e. The molecule has 3 nitrogen and oxygen atoms in total. The summed E-state index contributed by atoms with van der Waals surface area (Å²) >= 11 is 0. The molecule has 132 valence electrons. The molecular weight excluding hydrogens is 288 g/mol. The Labute approximate surface area is 141 Å². The molecule has 0 aromatic rings. The second-order valence-corrected chi connectivity index (χ2v) is 8.54. The summed E-state index contributed by atoms with van der Waals surface area (Å²) in [5.41, 5.74) is -1.32. The number of rotatable bonds is 8. The average molecular weight is 322 g/mol. The van der Waals surface area contributed by atoms with Crippen molar-refractivity contribution >= 4 is 11.6 Å². The summed E-state index contributed by atoms with van der Waals surface area (Å²) in [6.45, 7) is 13.5. The standard InChI is InChI=1S/C20H34O3/c1-7-19(5,23)14-11-17(22)20(6)13-8-12-18(3,4)16(20)10-9-15(2)21/h7,16,23H,1,8-14H2,2-6H3/t16-,19?,20-/m0/s1. The molecule has 3 heteroatoms. The summed E-state index contributed by atoms with van der Waals surface area (Å²) < 4.78 is 0. The molecular formula is C20H34O3. The highest BCUT2D eigenvalue weighted by Gasteiger charge is 2.49. The van der Waals surface area contributed by atoms with Crippen LogP contribution in [-0.4, -0.2) is 22.3 Å². The molecule has 0 spiro atoms. The van der Waals surface area contributed by atoms with Gasteiger partial charge in [0.05, 0.1) is 5.60 Å². The van der Waals surface area contributed by atoms with Crippen molar-refractivity contribution in [2.75, 3.05) is 0 Å². The van der Waals surface area contributed by atoms with E-state index in [-0.39, 0.29) is 22.9 Å². The van der Waals surface area contributed by atoms with Gasteiger partial charge in [0.15, 0.2) is 0 Å². The third-order valence-corrected chi connectivity index (χ3v) is 5.95. The Kier molecular flexibility index (Phi) is 6.37. The molecule has 0 aromatic carbocycles. The molecule has 0 saturated heterocycles. The van der Waals surface area contributed by atoms with E-state index in [0.717, 1.165) is 25.7 Å². The first kappa shape index (κ1) is 20.1. The Morgan fingerprint density at radius 1 is 1.26 bits per heavy atom. The Bertz CT molecular complexity index is 462. The van der Waals surface area contributed by atoms with Crippen LogP contribution in [0.4, 0.5) is 0 Å². The van der Waals surface area contributed by atoms with Crippen LogP contribution in [0.5, 0.6) is 0 Å². The molecule has 1 aliphatic carbocycles. The van der Waals surface area contributed by atoms with E-state index in [9.17, 15) is 14.7 Å². The zero-order valence-corrected chi connectivity index (χ0v) is 15.6. The minimum absolute atomic E-state index is 0.0685. The second-order valence-electron chi connectivity index (χ2n) is 8.54. The maximum atomic E-state index is 13.0. The zero-order valence-electron chi connectivity index (χ0n) is 15.6. The normalized spacial score (nSPS) is 29.6. The lowest BCUT2D eigenvalue weighted by Gasteiger charge is -2.50. The van der Waals surface area contributed by atoms with E-state index < -0.39 is 11.0 Å². The zero-order chi connectivity index (χ0) is 17.9. The van der Waals surface area contributed by atoms with Crippen molar-refractivity contribution in [2.45, 2.75) is 85.2 Å². The lowest BCUT2D eigenvalue weighted by Crippen LogP contribution is -2.47. The number of Topliss-reactive ketones (excluding diaryl/α,β-unsaturated/α-hetero) is 2. The minimum atomic E-state index is -0.995. The summed E-state index contributed by atoms with van der Waals surface area (Å²) in [7, 11) is 0. The fourth-order valence-electron chi connectivity index (χ4n) is 4.27. The summed E-state index contributed by atoms with van der Waals surface area (Å²) in [6, 6.07) is 0. The first-order valence-electron chi connectivity index (χ1n) is 8.83. The van der Waals surface area contributed by atoms with Crippen LogP contribution in [0.3, 0.4) is 0 Å². The molecule has 0 aromatic heterocycles. The lowest BCUT2D eigenvalue weighted by molar-refractivity contribution is -0.140. The molecule has 0 bridgehead atoms. The topological polar surface area (TPSA) is 54.4 Å². The van der Waals surface area contributed by atoms with Crippen molar-refractivity contribution in [1.29, 1.82) is 0 Å². The fourth-order valence-corrected chi connectivity index (χ4v) is 4.27. The van der Waals surface area contributed by atoms with Gasteiger partial charge < -0.3 is 9.90 Å². The Balaban J connectivity index is 2.94. The highest BCUT2D eigenvalue weighted by molar-refractivity contribution is 5.85. The van der Waals surface area contributed by atoms with Gasteiger partial charge in [-0.25, -0.2) is 0 Å². The van der Waals surface area contributed by atoms with Gasteiger partial charge in [0.2, 0.25) is 0 Å². The van der Waals surface area contributed by atoms with Gasteiger partial charge in [-0.15, -0.1) is 6.58 Å². The van der Waals surface area contributed by atoms with Crippen LogP contribution < -0.4 is 0 Å². The van der Waals surface area contributed by atoms with Gasteiger partial charge in [-0.1, -0.05) is 33.3 Å². The Morgan fingerprint density at radius 3 is 2.39 bits per heavy atom. The molecule has 3 atom stereocenters. The van der Waals surface area contributed by atoms with Crippen molar-refractivity contribution in [3.63, 3.8) is 0 Å². The van der Waals surface area contributed by atoms with Gasteiger partial charge >= 0.3 is 0 Å². The van der Waals surface area contributed by atoms with Crippen LogP contribution in [-0.2, 0) is 9.59 Å². The summed E-state index contributed by atoms with van der Waals surface area (Å²) in [5, 5.41) is 10.1. The van der Waals surface area contributed by atoms with E-state index in [0.29, 0.717) is 19.3 Å². The van der Waals surface area contributed by atoms with E-state index in [1.54, 1.807) is 13.8 Å². The summed E-state index contributed by atoms with van der Waals surface area (Å²) in [5.74, 6) is 0.630. The van der Waals surface area contributed by atoms with Crippen LogP contribution in [0.25, 0.3) is 0 Å². The van der Waals surface area contributed by atoms with Crippen molar-refractivity contribution in [1.82, 2.24) is 0 Å². The first-order valence-corrected chi connectivity index (χ1v) is 8.83. The molecule has 1 rings (SSSR count). The van der Waals surface area contributed by atoms with Crippen LogP contribution in [0, 0.1) is 16.7 Å². The van der Waals surface area contributed by atoms with Gasteiger partial charge in [0.25, 0.3) is 0 Å². The van der Waals surface area contributed by atoms with Gasteiger partial charge in [0.1, 0.15) is 11.6 Å². The Hall–Kier alpha value is -0.960. The maximum absolute atomic E-state index is 13.0. The molecule has 1 N–H and O–H groups in total. The minimum Gasteiger partial charge on any atom is -0.386 e. The van der Waals surface area contributed by atoms with Gasteiger partial charge in [0, 0.05) is 18.3 Å². The molecule has 23 heavy (non-hydrogen) atoms. The van der Waals surface area contributed by atoms with Crippen LogP contribution in [0.15, 0.2) is 12.7 Å². The number of carbonyl (C=O) groups excluding carboxylic acids is 2. The van der Waals surface area contributed by atoms with Crippen LogP contribution in [0.1, 0.15) is 79.6 Å². The molecule has 0 radical (unpaired) electrons. The van der Waals surface area contributed by atoms with Crippen molar-refractivity contribution in [2.24, 2.45) is 16.7 Å². The summed E-state index contributed by atoms with van der Waals surface area (Å²) in [6.07, 6.45) is 6.62. The van der Waals surface area contributed by atoms with Gasteiger partial charge in [-0.2, -0.15) is 0 Å². The quantitative estimate of drug-likeness (QED) is 0.671. The molecule has 1 fully saturated rings. The predicted molar refractivity (Wildman–Crippen MR) is 94.2 cm³/mol. The van der Waals surface area contributed by atoms with E-state index in [1.807, 2.05) is 0 Å². The number of aliphatic hydroxyl groups is 1. The highest BCUT2D eigenvalue weighted by Crippen LogP contribution is 2.54. The monoisotopic (exact) mass is 322 g/mol. The molecule has 0 amide bonds. The fraction of sp³-hybridized carbons (Fsp3) is 0.800. The molecule has 0 heterocycles. The number of hydrogen-bond donors (Lipinski definition) is 1. The molecule has 1 aliphatic rings. The van der Waals surface area contributed by atoms with E-state index >= 15 is 0 Å². The number of ketones is 2. The molecule has 0 aliphatic heterocycles. The van der Waals surface area contributed by atoms with Crippen molar-refractivity contribution in [3.05, 3.63) is 12.7 Å². The Morgan fingerprint density at radius 2 is 1.87 bits per heavy atom.